The zero-order valence-corrected chi connectivity index (χ0v) is 16.7. The van der Waals surface area contributed by atoms with Crippen LogP contribution in [0.15, 0.2) is 54.7 Å². The number of amides is 1. The minimum absolute atomic E-state index is 0.0625. The Bertz CT molecular complexity index is 1050. The molecule has 1 amide bonds. The molecule has 4 nitrogen and oxygen atoms in total. The number of carbonyl (C=O) groups is 1. The van der Waals surface area contributed by atoms with Crippen molar-refractivity contribution in [3.05, 3.63) is 70.3 Å². The van der Waals surface area contributed by atoms with Gasteiger partial charge in [0.2, 0.25) is 5.91 Å². The van der Waals surface area contributed by atoms with Gasteiger partial charge in [-0.1, -0.05) is 11.6 Å². The van der Waals surface area contributed by atoms with Gasteiger partial charge >= 0.3 is 0 Å². The zero-order chi connectivity index (χ0) is 19.7. The van der Waals surface area contributed by atoms with E-state index in [1.807, 2.05) is 27.8 Å². The summed E-state index contributed by atoms with van der Waals surface area (Å²) in [6.07, 6.45) is 3.95. The molecule has 1 aliphatic rings. The molecule has 2 heterocycles. The molecule has 1 aromatic heterocycles. The van der Waals surface area contributed by atoms with Crippen LogP contribution >= 0.6 is 23.8 Å². The molecule has 0 bridgehead atoms. The molecule has 7 heteroatoms. The molecule has 28 heavy (non-hydrogen) atoms. The molecule has 0 spiro atoms. The Labute approximate surface area is 172 Å². The van der Waals surface area contributed by atoms with Crippen molar-refractivity contribution in [2.45, 2.75) is 19.4 Å². The molecule has 1 aliphatic heterocycles. The number of carbonyl (C=O) groups excluding carboxylic acids is 1. The van der Waals surface area contributed by atoms with E-state index < -0.39 is 0 Å². The van der Waals surface area contributed by atoms with Crippen molar-refractivity contribution in [1.29, 1.82) is 0 Å². The molecule has 0 saturated carbocycles. The average Bonchev–Trinajstić information content (AvgIpc) is 3.33. The van der Waals surface area contributed by atoms with Gasteiger partial charge in [-0.25, -0.2) is 4.39 Å². The summed E-state index contributed by atoms with van der Waals surface area (Å²) in [5.41, 5.74) is 2.44. The number of imidazole rings is 1. The zero-order valence-electron chi connectivity index (χ0n) is 15.1. The second-order valence-electron chi connectivity index (χ2n) is 6.83. The predicted molar refractivity (Wildman–Crippen MR) is 111 cm³/mol. The van der Waals surface area contributed by atoms with E-state index in [4.69, 9.17) is 23.8 Å². The first-order valence-corrected chi connectivity index (χ1v) is 9.93. The molecule has 0 N–H and O–H groups in total. The minimum atomic E-state index is -0.302. The number of halogens is 2. The first kappa shape index (κ1) is 18.9. The van der Waals surface area contributed by atoms with E-state index in [9.17, 15) is 9.18 Å². The fourth-order valence-corrected chi connectivity index (χ4v) is 3.93. The third-order valence-corrected chi connectivity index (χ3v) is 5.61. The lowest BCUT2D eigenvalue weighted by atomic mass is 10.1. The van der Waals surface area contributed by atoms with E-state index >= 15 is 0 Å². The number of aromatic nitrogens is 2. The van der Waals surface area contributed by atoms with E-state index in [-0.39, 0.29) is 18.3 Å². The maximum absolute atomic E-state index is 13.4. The summed E-state index contributed by atoms with van der Waals surface area (Å²) in [5.74, 6) is -0.239. The number of hydrogen-bond acceptors (Lipinski definition) is 2. The molecule has 3 aromatic rings. The first-order valence-electron chi connectivity index (χ1n) is 9.15. The molecule has 144 valence electrons. The Morgan fingerprint density at radius 3 is 2.32 bits per heavy atom. The van der Waals surface area contributed by atoms with Gasteiger partial charge in [0.25, 0.3) is 0 Å². The Hall–Kier alpha value is -2.44. The van der Waals surface area contributed by atoms with Crippen LogP contribution in [-0.4, -0.2) is 33.0 Å². The number of nitrogens with zero attached hydrogens (tertiary/aromatic N) is 3. The molecular weight excluding hydrogens is 397 g/mol. The average molecular weight is 416 g/mol. The van der Waals surface area contributed by atoms with Crippen molar-refractivity contribution < 1.29 is 9.18 Å². The van der Waals surface area contributed by atoms with Gasteiger partial charge in [0.1, 0.15) is 12.4 Å². The minimum Gasteiger partial charge on any atom is -0.341 e. The van der Waals surface area contributed by atoms with Crippen molar-refractivity contribution in [2.75, 3.05) is 13.1 Å². The summed E-state index contributed by atoms with van der Waals surface area (Å²) in [5, 5.41) is 0.627. The van der Waals surface area contributed by atoms with Crippen LogP contribution in [0.5, 0.6) is 0 Å². The SMILES string of the molecule is O=C(Cn1cc(-c2ccc(F)cc2)n(-c2ccc(Cl)cc2)c1=S)N1CCCC1. The van der Waals surface area contributed by atoms with Crippen molar-refractivity contribution in [1.82, 2.24) is 14.0 Å². The first-order chi connectivity index (χ1) is 13.5. The number of rotatable bonds is 4. The summed E-state index contributed by atoms with van der Waals surface area (Å²) in [6.45, 7) is 1.79. The highest BCUT2D eigenvalue weighted by molar-refractivity contribution is 7.71. The third kappa shape index (κ3) is 3.75. The van der Waals surface area contributed by atoms with Gasteiger partial charge < -0.3 is 9.47 Å². The lowest BCUT2D eigenvalue weighted by Gasteiger charge is -2.15. The molecule has 0 radical (unpaired) electrons. The molecular formula is C21H19ClFN3OS. The highest BCUT2D eigenvalue weighted by atomic mass is 35.5. The Morgan fingerprint density at radius 2 is 1.68 bits per heavy atom. The van der Waals surface area contributed by atoms with Crippen LogP contribution < -0.4 is 0 Å². The molecule has 1 fully saturated rings. The van der Waals surface area contributed by atoms with Gasteiger partial charge in [-0.2, -0.15) is 0 Å². The van der Waals surface area contributed by atoms with Crippen molar-refractivity contribution >= 4 is 29.7 Å². The largest absolute Gasteiger partial charge is 0.341 e. The van der Waals surface area contributed by atoms with Crippen LogP contribution in [0, 0.1) is 10.6 Å². The van der Waals surface area contributed by atoms with Gasteiger partial charge in [0.05, 0.1) is 5.69 Å². The van der Waals surface area contributed by atoms with E-state index in [2.05, 4.69) is 0 Å². The second-order valence-corrected chi connectivity index (χ2v) is 7.63. The van der Waals surface area contributed by atoms with Gasteiger partial charge in [0, 0.05) is 35.6 Å². The van der Waals surface area contributed by atoms with Crippen LogP contribution in [0.25, 0.3) is 16.9 Å². The van der Waals surface area contributed by atoms with Gasteiger partial charge in [0.15, 0.2) is 4.77 Å². The summed E-state index contributed by atoms with van der Waals surface area (Å²) in [6, 6.07) is 13.6. The van der Waals surface area contributed by atoms with E-state index in [0.717, 1.165) is 42.9 Å². The molecule has 4 rings (SSSR count). The monoisotopic (exact) mass is 415 g/mol. The Balaban J connectivity index is 1.79. The molecule has 0 unspecified atom stereocenters. The van der Waals surface area contributed by atoms with Gasteiger partial charge in [-0.3, -0.25) is 9.36 Å². The Kier molecular flexibility index (Phi) is 5.33. The second kappa shape index (κ2) is 7.89. The summed E-state index contributed by atoms with van der Waals surface area (Å²) >= 11 is 11.7. The van der Waals surface area contributed by atoms with Gasteiger partial charge in [-0.15, -0.1) is 0 Å². The van der Waals surface area contributed by atoms with Crippen molar-refractivity contribution in [3.8, 4) is 16.9 Å². The number of likely N-dealkylation sites (tertiary alicyclic amines) is 1. The standard InChI is InChI=1S/C21H19ClFN3OS/c22-16-5-9-18(10-6-16)26-19(15-3-7-17(23)8-4-15)13-25(21(26)28)14-20(27)24-11-1-2-12-24/h3-10,13H,1-2,11-12,14H2. The number of hydrogen-bond donors (Lipinski definition) is 0. The van der Waals surface area contributed by atoms with E-state index in [1.165, 1.54) is 12.1 Å². The van der Waals surface area contributed by atoms with Crippen molar-refractivity contribution in [2.24, 2.45) is 0 Å². The molecule has 2 aromatic carbocycles. The highest BCUT2D eigenvalue weighted by Crippen LogP contribution is 2.26. The summed E-state index contributed by atoms with van der Waals surface area (Å²) in [4.78, 5) is 14.5. The quantitative estimate of drug-likeness (QED) is 0.555. The molecule has 0 aliphatic carbocycles. The summed E-state index contributed by atoms with van der Waals surface area (Å²) < 4.78 is 17.6. The third-order valence-electron chi connectivity index (χ3n) is 4.95. The van der Waals surface area contributed by atoms with Crippen molar-refractivity contribution in [3.63, 3.8) is 0 Å². The van der Waals surface area contributed by atoms with Crippen LogP contribution in [-0.2, 0) is 11.3 Å². The lowest BCUT2D eigenvalue weighted by molar-refractivity contribution is -0.130. The fourth-order valence-electron chi connectivity index (χ4n) is 3.48. The van der Waals surface area contributed by atoms with Crippen LogP contribution in [0.4, 0.5) is 4.39 Å². The van der Waals surface area contributed by atoms with E-state index in [1.54, 1.807) is 28.8 Å². The lowest BCUT2D eigenvalue weighted by Crippen LogP contribution is -2.31. The highest BCUT2D eigenvalue weighted by Gasteiger charge is 2.20. The van der Waals surface area contributed by atoms with E-state index in [0.29, 0.717) is 9.79 Å². The van der Waals surface area contributed by atoms with Crippen LogP contribution in [0.3, 0.4) is 0 Å². The summed E-state index contributed by atoms with van der Waals surface area (Å²) in [7, 11) is 0. The topological polar surface area (TPSA) is 30.2 Å². The maximum Gasteiger partial charge on any atom is 0.242 e. The van der Waals surface area contributed by atoms with Crippen LogP contribution in [0.2, 0.25) is 5.02 Å². The molecule has 0 atom stereocenters. The number of benzene rings is 2. The predicted octanol–water partition coefficient (Wildman–Crippen LogP) is 5.09. The van der Waals surface area contributed by atoms with Crippen LogP contribution in [0.1, 0.15) is 12.8 Å². The smallest absolute Gasteiger partial charge is 0.242 e. The fraction of sp³-hybridized carbons (Fsp3) is 0.238. The maximum atomic E-state index is 13.4. The Morgan fingerprint density at radius 1 is 1.04 bits per heavy atom. The van der Waals surface area contributed by atoms with Gasteiger partial charge in [-0.05, 0) is 73.6 Å². The molecule has 1 saturated heterocycles. The normalized spacial score (nSPS) is 13.9.